The first-order chi connectivity index (χ1) is 14.9. The van der Waals surface area contributed by atoms with E-state index in [9.17, 15) is 36.2 Å². The van der Waals surface area contributed by atoms with Crippen LogP contribution in [0.25, 0.3) is 0 Å². The van der Waals surface area contributed by atoms with E-state index >= 15 is 0 Å². The molecule has 0 saturated heterocycles. The number of hydrogen-bond donors (Lipinski definition) is 2. The van der Waals surface area contributed by atoms with Gasteiger partial charge in [0.1, 0.15) is 5.75 Å². The summed E-state index contributed by atoms with van der Waals surface area (Å²) in [4.78, 5) is 12.6. The van der Waals surface area contributed by atoms with Crippen LogP contribution in [0.1, 0.15) is 27.2 Å². The molecule has 0 fully saturated rings. The molecule has 3 aromatic rings. The average Bonchev–Trinajstić information content (AvgIpc) is 3.07. The molecule has 0 aliphatic carbocycles. The van der Waals surface area contributed by atoms with Crippen molar-refractivity contribution in [1.29, 1.82) is 0 Å². The van der Waals surface area contributed by atoms with E-state index in [-0.39, 0.29) is 12.6 Å². The van der Waals surface area contributed by atoms with E-state index in [1.807, 2.05) is 5.32 Å². The predicted molar refractivity (Wildman–Crippen MR) is 98.2 cm³/mol. The third kappa shape index (κ3) is 5.10. The highest BCUT2D eigenvalue weighted by Crippen LogP contribution is 2.37. The Morgan fingerprint density at radius 2 is 1.59 bits per heavy atom. The summed E-state index contributed by atoms with van der Waals surface area (Å²) in [5.74, 6) is -1.49. The van der Waals surface area contributed by atoms with Gasteiger partial charge in [0.2, 0.25) is 0 Å². The highest BCUT2D eigenvalue weighted by molar-refractivity contribution is 6.04. The molecular formula is C19H14F6N4O3. The fraction of sp³-hybridized carbons (Fsp3) is 0.211. The van der Waals surface area contributed by atoms with Crippen molar-refractivity contribution in [3.05, 3.63) is 64.8 Å². The van der Waals surface area contributed by atoms with Crippen molar-refractivity contribution in [3.63, 3.8) is 0 Å². The van der Waals surface area contributed by atoms with Crippen molar-refractivity contribution >= 4 is 11.6 Å². The lowest BCUT2D eigenvalue weighted by atomic mass is 10.1. The lowest BCUT2D eigenvalue weighted by molar-refractivity contribution is -0.143. The number of amides is 1. The molecule has 0 radical (unpaired) electrons. The van der Waals surface area contributed by atoms with Gasteiger partial charge in [-0.1, -0.05) is 22.4 Å². The number of aromatic nitrogens is 3. The molecule has 7 nitrogen and oxygen atoms in total. The number of benzene rings is 2. The minimum Gasteiger partial charge on any atom is -0.497 e. The molecule has 0 bridgehead atoms. The van der Waals surface area contributed by atoms with Gasteiger partial charge in [0.15, 0.2) is 5.69 Å². The van der Waals surface area contributed by atoms with Crippen molar-refractivity contribution in [1.82, 2.24) is 15.0 Å². The Morgan fingerprint density at radius 1 is 1.03 bits per heavy atom. The van der Waals surface area contributed by atoms with Crippen molar-refractivity contribution in [2.45, 2.75) is 18.9 Å². The molecule has 0 unspecified atom stereocenters. The molecule has 2 N–H and O–H groups in total. The molecule has 0 aliphatic heterocycles. The van der Waals surface area contributed by atoms with Crippen LogP contribution in [0.3, 0.4) is 0 Å². The van der Waals surface area contributed by atoms with Crippen molar-refractivity contribution < 1.29 is 41.0 Å². The predicted octanol–water partition coefficient (Wildman–Crippen LogP) is 4.33. The molecule has 1 aromatic heterocycles. The molecule has 13 heteroatoms. The molecule has 32 heavy (non-hydrogen) atoms. The average molecular weight is 460 g/mol. The van der Waals surface area contributed by atoms with Gasteiger partial charge in [-0.15, -0.1) is 0 Å². The number of ether oxygens (including phenoxy) is 1. The van der Waals surface area contributed by atoms with E-state index in [1.165, 1.54) is 7.11 Å². The number of nitrogens with zero attached hydrogens (tertiary/aromatic N) is 3. The molecule has 3 rings (SSSR count). The minimum atomic E-state index is -5.08. The van der Waals surface area contributed by atoms with Crippen LogP contribution < -0.4 is 10.1 Å². The third-order valence-corrected chi connectivity index (χ3v) is 4.27. The molecule has 0 saturated carbocycles. The maximum absolute atomic E-state index is 13.0. The minimum absolute atomic E-state index is 0.0669. The first kappa shape index (κ1) is 22.9. The van der Waals surface area contributed by atoms with Crippen molar-refractivity contribution in [2.75, 3.05) is 12.4 Å². The number of carbonyl (C=O) groups excluding carboxylic acids is 1. The Morgan fingerprint density at radius 3 is 2.09 bits per heavy atom. The normalized spacial score (nSPS) is 12.0. The summed E-state index contributed by atoms with van der Waals surface area (Å²) in [5.41, 5.74) is -3.92. The number of hydrogen-bond acceptors (Lipinski definition) is 5. The molecule has 170 valence electrons. The number of nitrogens with one attached hydrogen (secondary N) is 1. The van der Waals surface area contributed by atoms with Crippen LogP contribution in [0.15, 0.2) is 42.5 Å². The Balaban J connectivity index is 1.91. The van der Waals surface area contributed by atoms with Gasteiger partial charge in [0.05, 0.1) is 24.8 Å². The van der Waals surface area contributed by atoms with Crippen LogP contribution in [0, 0.1) is 0 Å². The highest BCUT2D eigenvalue weighted by Gasteiger charge is 2.37. The zero-order valence-electron chi connectivity index (χ0n) is 16.1. The Bertz CT molecular complexity index is 1090. The number of alkyl halides is 6. The first-order valence-corrected chi connectivity index (χ1v) is 8.74. The zero-order chi connectivity index (χ0) is 23.7. The number of methoxy groups -OCH3 is 1. The maximum atomic E-state index is 13.0. The number of halogens is 6. The molecular weight excluding hydrogens is 446 g/mol. The summed E-state index contributed by atoms with van der Waals surface area (Å²) in [5, 5.41) is 18.7. The topological polar surface area (TPSA) is 89.3 Å². The van der Waals surface area contributed by atoms with E-state index in [4.69, 9.17) is 4.74 Å². The SMILES string of the molecule is COc1ccc(Cn2nnc(O)c2C(=O)Nc2cc(C(F)(F)F)cc(C(F)(F)F)c2)cc1. The summed E-state index contributed by atoms with van der Waals surface area (Å²) in [6.07, 6.45) is -10.2. The lowest BCUT2D eigenvalue weighted by Gasteiger charge is -2.15. The van der Waals surface area contributed by atoms with Crippen LogP contribution in [0.4, 0.5) is 32.0 Å². The Hall–Kier alpha value is -3.77. The summed E-state index contributed by atoms with van der Waals surface area (Å²) in [6.45, 7) is -0.0727. The van der Waals surface area contributed by atoms with E-state index in [0.29, 0.717) is 23.4 Å². The van der Waals surface area contributed by atoms with Gasteiger partial charge in [-0.05, 0) is 35.9 Å². The Labute approximate surface area is 176 Å². The standard InChI is InChI=1S/C19H14F6N4O3/c1-32-14-4-2-10(3-5-14)9-29-15(17(31)27-28-29)16(30)26-13-7-11(18(20,21)22)6-12(8-13)19(23,24)25/h2-8,31H,9H2,1H3,(H,26,30). The zero-order valence-corrected chi connectivity index (χ0v) is 16.1. The number of aromatic hydroxyl groups is 1. The molecule has 0 spiro atoms. The fourth-order valence-corrected chi connectivity index (χ4v) is 2.75. The highest BCUT2D eigenvalue weighted by atomic mass is 19.4. The quantitative estimate of drug-likeness (QED) is 0.554. The van der Waals surface area contributed by atoms with E-state index in [0.717, 1.165) is 4.68 Å². The van der Waals surface area contributed by atoms with Crippen molar-refractivity contribution in [3.8, 4) is 11.6 Å². The van der Waals surface area contributed by atoms with E-state index < -0.39 is 46.6 Å². The van der Waals surface area contributed by atoms with Gasteiger partial charge < -0.3 is 15.2 Å². The monoisotopic (exact) mass is 460 g/mol. The van der Waals surface area contributed by atoms with Gasteiger partial charge in [0, 0.05) is 5.69 Å². The maximum Gasteiger partial charge on any atom is 0.416 e. The summed E-state index contributed by atoms with van der Waals surface area (Å²) in [6, 6.07) is 7.12. The second-order valence-electron chi connectivity index (χ2n) is 6.52. The smallest absolute Gasteiger partial charge is 0.416 e. The summed E-state index contributed by atoms with van der Waals surface area (Å²) in [7, 11) is 1.46. The Kier molecular flexibility index (Phi) is 6.01. The second kappa shape index (κ2) is 8.40. The number of carbonyl (C=O) groups is 1. The largest absolute Gasteiger partial charge is 0.497 e. The number of rotatable bonds is 5. The molecule has 0 atom stereocenters. The van der Waals surface area contributed by atoms with Gasteiger partial charge in [-0.3, -0.25) is 4.79 Å². The third-order valence-electron chi connectivity index (χ3n) is 4.27. The summed E-state index contributed by atoms with van der Waals surface area (Å²) < 4.78 is 84.1. The second-order valence-corrected chi connectivity index (χ2v) is 6.52. The van der Waals surface area contributed by atoms with E-state index in [2.05, 4.69) is 10.3 Å². The van der Waals surface area contributed by atoms with Gasteiger partial charge in [-0.2, -0.15) is 26.3 Å². The number of anilines is 1. The molecule has 0 aliphatic rings. The molecule has 1 heterocycles. The first-order valence-electron chi connectivity index (χ1n) is 8.74. The van der Waals surface area contributed by atoms with Crippen LogP contribution >= 0.6 is 0 Å². The van der Waals surface area contributed by atoms with Crippen LogP contribution in [0.2, 0.25) is 0 Å². The lowest BCUT2D eigenvalue weighted by Crippen LogP contribution is -2.20. The summed E-state index contributed by atoms with van der Waals surface area (Å²) >= 11 is 0. The fourth-order valence-electron chi connectivity index (χ4n) is 2.75. The van der Waals surface area contributed by atoms with Gasteiger partial charge in [-0.25, -0.2) is 4.68 Å². The van der Waals surface area contributed by atoms with E-state index in [1.54, 1.807) is 24.3 Å². The van der Waals surface area contributed by atoms with Crippen LogP contribution in [0.5, 0.6) is 11.6 Å². The van der Waals surface area contributed by atoms with Crippen LogP contribution in [-0.4, -0.2) is 33.1 Å². The van der Waals surface area contributed by atoms with Gasteiger partial charge >= 0.3 is 12.4 Å². The van der Waals surface area contributed by atoms with Gasteiger partial charge in [0.25, 0.3) is 11.8 Å². The molecule has 1 amide bonds. The molecule has 2 aromatic carbocycles. The van der Waals surface area contributed by atoms with Crippen LogP contribution in [-0.2, 0) is 18.9 Å². The van der Waals surface area contributed by atoms with Crippen molar-refractivity contribution in [2.24, 2.45) is 0 Å².